The molecule has 31 heavy (non-hydrogen) atoms. The van der Waals surface area contributed by atoms with Crippen molar-refractivity contribution in [3.05, 3.63) is 88.2 Å². The SMILES string of the molecule is COc1ccc(-c2nc(SCC(=O)c3ccc4ccccc4c3)[nH]c(=O)c2C#N)cc1. The van der Waals surface area contributed by atoms with Crippen LogP contribution in [-0.4, -0.2) is 28.6 Å². The number of nitriles is 1. The number of carbonyl (C=O) groups is 1. The molecule has 1 aromatic heterocycles. The van der Waals surface area contributed by atoms with Crippen molar-refractivity contribution < 1.29 is 9.53 Å². The van der Waals surface area contributed by atoms with Crippen molar-refractivity contribution in [1.82, 2.24) is 9.97 Å². The summed E-state index contributed by atoms with van der Waals surface area (Å²) in [4.78, 5) is 32.1. The van der Waals surface area contributed by atoms with Gasteiger partial charge in [-0.25, -0.2) is 4.98 Å². The normalized spacial score (nSPS) is 10.6. The van der Waals surface area contributed by atoms with Gasteiger partial charge in [-0.3, -0.25) is 9.59 Å². The fourth-order valence-corrected chi connectivity index (χ4v) is 3.92. The monoisotopic (exact) mass is 427 g/mol. The van der Waals surface area contributed by atoms with Crippen molar-refractivity contribution in [2.75, 3.05) is 12.9 Å². The zero-order valence-corrected chi connectivity index (χ0v) is 17.4. The summed E-state index contributed by atoms with van der Waals surface area (Å²) >= 11 is 1.13. The Labute approximate surface area is 182 Å². The van der Waals surface area contributed by atoms with E-state index in [0.29, 0.717) is 16.9 Å². The lowest BCUT2D eigenvalue weighted by Crippen LogP contribution is -2.15. The molecule has 4 rings (SSSR count). The Morgan fingerprint density at radius 1 is 1.10 bits per heavy atom. The lowest BCUT2D eigenvalue weighted by Gasteiger charge is -2.07. The lowest BCUT2D eigenvalue weighted by atomic mass is 10.1. The molecular formula is C24H17N3O3S. The Morgan fingerprint density at radius 3 is 2.55 bits per heavy atom. The molecule has 0 saturated carbocycles. The predicted octanol–water partition coefficient (Wildman–Crippen LogP) is 4.45. The number of aromatic nitrogens is 2. The number of methoxy groups -OCH3 is 1. The Morgan fingerprint density at radius 2 is 1.84 bits per heavy atom. The van der Waals surface area contributed by atoms with Gasteiger partial charge >= 0.3 is 0 Å². The molecule has 0 spiro atoms. The number of ether oxygens (including phenoxy) is 1. The molecule has 0 radical (unpaired) electrons. The van der Waals surface area contributed by atoms with Crippen LogP contribution in [0.5, 0.6) is 5.75 Å². The van der Waals surface area contributed by atoms with E-state index in [1.54, 1.807) is 37.4 Å². The third-order valence-corrected chi connectivity index (χ3v) is 5.66. The van der Waals surface area contributed by atoms with Crippen LogP contribution in [0, 0.1) is 11.3 Å². The molecule has 0 fully saturated rings. The second-order valence-corrected chi connectivity index (χ2v) is 7.67. The molecule has 0 aliphatic carbocycles. The molecule has 0 aliphatic heterocycles. The van der Waals surface area contributed by atoms with Crippen LogP contribution in [0.2, 0.25) is 0 Å². The van der Waals surface area contributed by atoms with Crippen molar-refractivity contribution in [3.8, 4) is 23.1 Å². The summed E-state index contributed by atoms with van der Waals surface area (Å²) in [6.45, 7) is 0. The number of nitrogens with zero attached hydrogens (tertiary/aromatic N) is 2. The predicted molar refractivity (Wildman–Crippen MR) is 121 cm³/mol. The minimum Gasteiger partial charge on any atom is -0.497 e. The number of hydrogen-bond donors (Lipinski definition) is 1. The van der Waals surface area contributed by atoms with Gasteiger partial charge in [-0.15, -0.1) is 0 Å². The maximum atomic E-state index is 12.7. The number of H-pyrrole nitrogens is 1. The van der Waals surface area contributed by atoms with Crippen molar-refractivity contribution in [3.63, 3.8) is 0 Å². The number of ketones is 1. The molecule has 0 aliphatic rings. The molecule has 4 aromatic rings. The van der Waals surface area contributed by atoms with Gasteiger partial charge in [-0.05, 0) is 41.1 Å². The smallest absolute Gasteiger partial charge is 0.270 e. The van der Waals surface area contributed by atoms with Crippen molar-refractivity contribution in [2.45, 2.75) is 5.16 Å². The molecule has 7 heteroatoms. The Balaban J connectivity index is 1.59. The molecule has 1 N–H and O–H groups in total. The van der Waals surface area contributed by atoms with Crippen LogP contribution < -0.4 is 10.3 Å². The highest BCUT2D eigenvalue weighted by molar-refractivity contribution is 7.99. The second kappa shape index (κ2) is 8.86. The van der Waals surface area contributed by atoms with Gasteiger partial charge in [-0.1, -0.05) is 48.2 Å². The Hall–Kier alpha value is -3.89. The summed E-state index contributed by atoms with van der Waals surface area (Å²) in [5.74, 6) is 0.686. The van der Waals surface area contributed by atoms with Gasteiger partial charge in [0.05, 0.1) is 18.6 Å². The first-order valence-corrected chi connectivity index (χ1v) is 10.4. The highest BCUT2D eigenvalue weighted by Crippen LogP contribution is 2.25. The number of rotatable bonds is 6. The summed E-state index contributed by atoms with van der Waals surface area (Å²) in [6, 6.07) is 22.2. The van der Waals surface area contributed by atoms with Crippen molar-refractivity contribution in [1.29, 1.82) is 5.26 Å². The summed E-state index contributed by atoms with van der Waals surface area (Å²) < 4.78 is 5.15. The molecule has 6 nitrogen and oxygen atoms in total. The molecule has 1 heterocycles. The average molecular weight is 427 g/mol. The first-order valence-electron chi connectivity index (χ1n) is 9.42. The second-order valence-electron chi connectivity index (χ2n) is 6.71. The van der Waals surface area contributed by atoms with Gasteiger partial charge in [0.2, 0.25) is 0 Å². The minimum atomic E-state index is -0.538. The number of fused-ring (bicyclic) bond motifs is 1. The van der Waals surface area contributed by atoms with Crippen LogP contribution >= 0.6 is 11.8 Å². The summed E-state index contributed by atoms with van der Waals surface area (Å²) in [6.07, 6.45) is 0. The highest BCUT2D eigenvalue weighted by atomic mass is 32.2. The molecule has 0 saturated heterocycles. The van der Waals surface area contributed by atoms with E-state index in [1.807, 2.05) is 42.5 Å². The van der Waals surface area contributed by atoms with E-state index in [-0.39, 0.29) is 27.9 Å². The van der Waals surface area contributed by atoms with E-state index in [4.69, 9.17) is 4.74 Å². The van der Waals surface area contributed by atoms with Crippen molar-refractivity contribution in [2.24, 2.45) is 0 Å². The average Bonchev–Trinajstić information content (AvgIpc) is 2.82. The third kappa shape index (κ3) is 4.34. The molecule has 0 unspecified atom stereocenters. The fourth-order valence-electron chi connectivity index (χ4n) is 3.16. The first kappa shape index (κ1) is 20.4. The van der Waals surface area contributed by atoms with Gasteiger partial charge < -0.3 is 9.72 Å². The van der Waals surface area contributed by atoms with E-state index >= 15 is 0 Å². The van der Waals surface area contributed by atoms with Gasteiger partial charge in [-0.2, -0.15) is 5.26 Å². The minimum absolute atomic E-state index is 0.0737. The molecule has 0 bridgehead atoms. The van der Waals surface area contributed by atoms with Gasteiger partial charge in [0.1, 0.15) is 17.4 Å². The largest absolute Gasteiger partial charge is 0.497 e. The Kier molecular flexibility index (Phi) is 5.83. The Bertz CT molecular complexity index is 1370. The number of benzene rings is 3. The van der Waals surface area contributed by atoms with Gasteiger partial charge in [0.15, 0.2) is 10.9 Å². The number of hydrogen-bond acceptors (Lipinski definition) is 6. The highest BCUT2D eigenvalue weighted by Gasteiger charge is 2.15. The van der Waals surface area contributed by atoms with Crippen LogP contribution in [0.1, 0.15) is 15.9 Å². The van der Waals surface area contributed by atoms with Gasteiger partial charge in [0.25, 0.3) is 5.56 Å². The summed E-state index contributed by atoms with van der Waals surface area (Å²) in [5, 5.41) is 11.7. The number of thioether (sulfide) groups is 1. The van der Waals surface area contributed by atoms with Crippen LogP contribution in [0.3, 0.4) is 0 Å². The van der Waals surface area contributed by atoms with Crippen LogP contribution in [0.4, 0.5) is 0 Å². The van der Waals surface area contributed by atoms with E-state index in [2.05, 4.69) is 9.97 Å². The summed E-state index contributed by atoms with van der Waals surface area (Å²) in [7, 11) is 1.56. The van der Waals surface area contributed by atoms with Crippen molar-refractivity contribution >= 4 is 28.3 Å². The summed E-state index contributed by atoms with van der Waals surface area (Å²) in [5.41, 5.74) is 0.873. The third-order valence-electron chi connectivity index (χ3n) is 4.78. The fraction of sp³-hybridized carbons (Fsp3) is 0.0833. The molecule has 3 aromatic carbocycles. The number of carbonyl (C=O) groups excluding carboxylic acids is 1. The van der Waals surface area contributed by atoms with Gasteiger partial charge in [0, 0.05) is 11.1 Å². The number of Topliss-reactive ketones (excluding diaryl/α,β-unsaturated/α-hetero) is 1. The van der Waals surface area contributed by atoms with E-state index in [0.717, 1.165) is 22.5 Å². The van der Waals surface area contributed by atoms with E-state index < -0.39 is 5.56 Å². The quantitative estimate of drug-likeness (QED) is 0.278. The zero-order valence-electron chi connectivity index (χ0n) is 16.6. The van der Waals surface area contributed by atoms with Crippen LogP contribution in [-0.2, 0) is 0 Å². The van der Waals surface area contributed by atoms with Crippen LogP contribution in [0.25, 0.3) is 22.0 Å². The molecule has 0 atom stereocenters. The van der Waals surface area contributed by atoms with E-state index in [9.17, 15) is 14.9 Å². The standard InChI is InChI=1S/C24H17N3O3S/c1-30-19-10-8-16(9-11-19)22-20(13-25)23(29)27-24(26-22)31-14-21(28)18-7-6-15-4-2-3-5-17(15)12-18/h2-12H,14H2,1H3,(H,26,27,29). The topological polar surface area (TPSA) is 95.8 Å². The molecule has 152 valence electrons. The molecular weight excluding hydrogens is 410 g/mol. The van der Waals surface area contributed by atoms with Crippen LogP contribution in [0.15, 0.2) is 76.7 Å². The van der Waals surface area contributed by atoms with E-state index in [1.165, 1.54) is 0 Å². The maximum absolute atomic E-state index is 12.7. The lowest BCUT2D eigenvalue weighted by molar-refractivity contribution is 0.102. The first-order chi connectivity index (χ1) is 15.1. The number of aromatic amines is 1. The zero-order chi connectivity index (χ0) is 21.8. The number of nitrogens with one attached hydrogen (secondary N) is 1. The molecule has 0 amide bonds. The maximum Gasteiger partial charge on any atom is 0.270 e.